The van der Waals surface area contributed by atoms with Gasteiger partial charge in [0.05, 0.1) is 12.0 Å². The summed E-state index contributed by atoms with van der Waals surface area (Å²) in [6.07, 6.45) is -9.29. The Morgan fingerprint density at radius 1 is 0.759 bits per heavy atom. The Balaban J connectivity index is 3.48. The molecule has 1 aromatic carbocycles. The van der Waals surface area contributed by atoms with Crippen LogP contribution < -0.4 is 0 Å². The van der Waals surface area contributed by atoms with E-state index in [9.17, 15) is 48.3 Å². The van der Waals surface area contributed by atoms with Crippen molar-refractivity contribution in [3.63, 3.8) is 0 Å². The molecule has 0 heterocycles. The Bertz CT molecular complexity index is 712. The molecule has 0 aliphatic carbocycles. The Kier molecular flexibility index (Phi) is 6.66. The summed E-state index contributed by atoms with van der Waals surface area (Å²) >= 11 is 0. The zero-order chi connectivity index (χ0) is 23.1. The maximum absolute atomic E-state index is 14.2. The monoisotopic (exact) mass is 446 g/mol. The standard InChI is InChI=1S/C17H17F11O/c1-4-10-7-5-6-8-11(10)12(2,29-3)9-13(18,19)14(20,21)15(22,23)16(24,25)17(26,27)28/h5-8H,4,9H2,1-3H3. The van der Waals surface area contributed by atoms with Gasteiger partial charge in [-0.05, 0) is 24.5 Å². The van der Waals surface area contributed by atoms with Gasteiger partial charge in [-0.3, -0.25) is 0 Å². The Hall–Kier alpha value is -1.59. The molecule has 0 spiro atoms. The number of halogens is 11. The van der Waals surface area contributed by atoms with E-state index < -0.39 is 41.9 Å². The molecule has 12 heteroatoms. The lowest BCUT2D eigenvalue weighted by atomic mass is 9.82. The van der Waals surface area contributed by atoms with Crippen molar-refractivity contribution in [3.05, 3.63) is 35.4 Å². The molecule has 0 fully saturated rings. The van der Waals surface area contributed by atoms with Gasteiger partial charge < -0.3 is 4.74 Å². The highest BCUT2D eigenvalue weighted by molar-refractivity contribution is 5.33. The molecule has 29 heavy (non-hydrogen) atoms. The van der Waals surface area contributed by atoms with E-state index in [1.165, 1.54) is 24.3 Å². The number of ether oxygens (including phenoxy) is 1. The van der Waals surface area contributed by atoms with Crippen molar-refractivity contribution in [2.24, 2.45) is 0 Å². The fourth-order valence-electron chi connectivity index (χ4n) is 2.76. The summed E-state index contributed by atoms with van der Waals surface area (Å²) < 4.78 is 150. The van der Waals surface area contributed by atoms with E-state index in [0.29, 0.717) is 5.56 Å². The van der Waals surface area contributed by atoms with Gasteiger partial charge in [0.25, 0.3) is 0 Å². The van der Waals surface area contributed by atoms with Crippen molar-refractivity contribution >= 4 is 0 Å². The molecule has 0 aromatic heterocycles. The Morgan fingerprint density at radius 3 is 1.66 bits per heavy atom. The highest BCUT2D eigenvalue weighted by atomic mass is 19.4. The van der Waals surface area contributed by atoms with Gasteiger partial charge in [0, 0.05) is 7.11 Å². The van der Waals surface area contributed by atoms with Gasteiger partial charge in [-0.15, -0.1) is 0 Å². The molecular formula is C17H17F11O. The minimum Gasteiger partial charge on any atom is -0.374 e. The SMILES string of the molecule is CCc1ccccc1C(C)(CC(F)(F)C(F)(F)C(F)(F)C(F)(F)C(F)(F)F)OC. The topological polar surface area (TPSA) is 9.23 Å². The molecule has 0 amide bonds. The first-order valence-corrected chi connectivity index (χ1v) is 8.04. The van der Waals surface area contributed by atoms with Crippen LogP contribution in [0.15, 0.2) is 24.3 Å². The van der Waals surface area contributed by atoms with Gasteiger partial charge in [0.15, 0.2) is 0 Å². The molecule has 0 bridgehead atoms. The molecular weight excluding hydrogens is 429 g/mol. The number of aryl methyl sites for hydroxylation is 1. The summed E-state index contributed by atoms with van der Waals surface area (Å²) in [5.74, 6) is -27.9. The van der Waals surface area contributed by atoms with Gasteiger partial charge >= 0.3 is 29.9 Å². The van der Waals surface area contributed by atoms with E-state index in [1.54, 1.807) is 6.92 Å². The van der Waals surface area contributed by atoms with Crippen molar-refractivity contribution in [1.82, 2.24) is 0 Å². The van der Waals surface area contributed by atoms with Crippen molar-refractivity contribution in [2.75, 3.05) is 7.11 Å². The second-order valence-electron chi connectivity index (χ2n) is 6.55. The van der Waals surface area contributed by atoms with Crippen molar-refractivity contribution < 1.29 is 53.0 Å². The van der Waals surface area contributed by atoms with E-state index in [0.717, 1.165) is 14.0 Å². The van der Waals surface area contributed by atoms with E-state index in [2.05, 4.69) is 0 Å². The van der Waals surface area contributed by atoms with Gasteiger partial charge in [0.1, 0.15) is 0 Å². The van der Waals surface area contributed by atoms with Crippen molar-refractivity contribution in [3.8, 4) is 0 Å². The molecule has 1 rings (SSSR count). The number of hydrogen-bond donors (Lipinski definition) is 0. The third kappa shape index (κ3) is 4.04. The van der Waals surface area contributed by atoms with E-state index in [4.69, 9.17) is 4.74 Å². The van der Waals surface area contributed by atoms with Crippen LogP contribution in [0.1, 0.15) is 31.4 Å². The van der Waals surface area contributed by atoms with Gasteiger partial charge in [-0.1, -0.05) is 31.2 Å². The first kappa shape index (κ1) is 25.4. The van der Waals surface area contributed by atoms with Gasteiger partial charge in [-0.2, -0.15) is 48.3 Å². The van der Waals surface area contributed by atoms with Crippen LogP contribution in [0, 0.1) is 0 Å². The third-order valence-corrected chi connectivity index (χ3v) is 4.58. The molecule has 1 unspecified atom stereocenters. The average Bonchev–Trinajstić information content (AvgIpc) is 2.59. The molecule has 0 saturated heterocycles. The second-order valence-corrected chi connectivity index (χ2v) is 6.55. The molecule has 1 atom stereocenters. The number of methoxy groups -OCH3 is 1. The highest BCUT2D eigenvalue weighted by Crippen LogP contribution is 2.59. The summed E-state index contributed by atoms with van der Waals surface area (Å²) in [5, 5.41) is 0. The molecule has 168 valence electrons. The molecule has 1 aromatic rings. The summed E-state index contributed by atoms with van der Waals surface area (Å²) in [6.45, 7) is 2.37. The molecule has 0 aliphatic rings. The van der Waals surface area contributed by atoms with Crippen LogP contribution in [-0.4, -0.2) is 37.0 Å². The van der Waals surface area contributed by atoms with Crippen LogP contribution >= 0.6 is 0 Å². The maximum Gasteiger partial charge on any atom is 0.460 e. The van der Waals surface area contributed by atoms with E-state index in [-0.39, 0.29) is 12.0 Å². The number of hydrogen-bond acceptors (Lipinski definition) is 1. The fraction of sp³-hybridized carbons (Fsp3) is 0.647. The largest absolute Gasteiger partial charge is 0.460 e. The number of rotatable bonds is 8. The molecule has 0 radical (unpaired) electrons. The maximum atomic E-state index is 14.2. The van der Waals surface area contributed by atoms with Crippen LogP contribution in [-0.2, 0) is 16.8 Å². The lowest BCUT2D eigenvalue weighted by Crippen LogP contribution is -2.67. The van der Waals surface area contributed by atoms with Crippen LogP contribution in [0.25, 0.3) is 0 Å². The zero-order valence-corrected chi connectivity index (χ0v) is 15.3. The number of benzene rings is 1. The second kappa shape index (κ2) is 7.59. The zero-order valence-electron chi connectivity index (χ0n) is 15.3. The van der Waals surface area contributed by atoms with Crippen LogP contribution in [0.4, 0.5) is 48.3 Å². The van der Waals surface area contributed by atoms with Crippen LogP contribution in [0.5, 0.6) is 0 Å². The lowest BCUT2D eigenvalue weighted by molar-refractivity contribution is -0.424. The minimum atomic E-state index is -7.43. The summed E-state index contributed by atoms with van der Waals surface area (Å²) in [6, 6.07) is 5.33. The predicted molar refractivity (Wildman–Crippen MR) is 80.6 cm³/mol. The van der Waals surface area contributed by atoms with E-state index in [1.807, 2.05) is 0 Å². The molecule has 1 nitrogen and oxygen atoms in total. The first-order chi connectivity index (χ1) is 12.8. The summed E-state index contributed by atoms with van der Waals surface area (Å²) in [7, 11) is 0.781. The Labute approximate surface area is 158 Å². The minimum absolute atomic E-state index is 0.133. The Morgan fingerprint density at radius 2 is 1.24 bits per heavy atom. The predicted octanol–water partition coefficient (Wildman–Crippen LogP) is 6.60. The van der Waals surface area contributed by atoms with Gasteiger partial charge in [-0.25, -0.2) is 0 Å². The lowest BCUT2D eigenvalue weighted by Gasteiger charge is -2.40. The van der Waals surface area contributed by atoms with Crippen molar-refractivity contribution in [1.29, 1.82) is 0 Å². The highest BCUT2D eigenvalue weighted by Gasteiger charge is 2.87. The third-order valence-electron chi connectivity index (χ3n) is 4.58. The molecule has 0 saturated carbocycles. The fourth-order valence-corrected chi connectivity index (χ4v) is 2.76. The van der Waals surface area contributed by atoms with Crippen molar-refractivity contribution in [2.45, 2.75) is 62.2 Å². The summed E-state index contributed by atoms with van der Waals surface area (Å²) in [4.78, 5) is 0. The van der Waals surface area contributed by atoms with E-state index >= 15 is 0 Å². The average molecular weight is 446 g/mol. The quantitative estimate of drug-likeness (QED) is 0.409. The first-order valence-electron chi connectivity index (χ1n) is 8.04. The molecule has 0 N–H and O–H groups in total. The number of alkyl halides is 11. The van der Waals surface area contributed by atoms with Crippen LogP contribution in [0.3, 0.4) is 0 Å². The normalized spacial score (nSPS) is 16.6. The summed E-state index contributed by atoms with van der Waals surface area (Å²) in [5.41, 5.74) is -2.24. The van der Waals surface area contributed by atoms with Gasteiger partial charge in [0.2, 0.25) is 0 Å². The molecule has 0 aliphatic heterocycles. The smallest absolute Gasteiger partial charge is 0.374 e. The van der Waals surface area contributed by atoms with Crippen LogP contribution in [0.2, 0.25) is 0 Å².